The van der Waals surface area contributed by atoms with Gasteiger partial charge in [-0.1, -0.05) is 0 Å². The maximum Gasteiger partial charge on any atom is 0.224 e. The van der Waals surface area contributed by atoms with E-state index in [4.69, 9.17) is 5.26 Å². The summed E-state index contributed by atoms with van der Waals surface area (Å²) >= 11 is 0. The Bertz CT molecular complexity index is 507. The largest absolute Gasteiger partial charge is 0.392 e. The summed E-state index contributed by atoms with van der Waals surface area (Å²) in [6, 6.07) is 8.88. The molecule has 1 aromatic carbocycles. The molecule has 112 valence electrons. The third-order valence-electron chi connectivity index (χ3n) is 3.66. The van der Waals surface area contributed by atoms with Gasteiger partial charge in [-0.2, -0.15) is 5.26 Å². The summed E-state index contributed by atoms with van der Waals surface area (Å²) in [6.07, 6.45) is 2.95. The second kappa shape index (κ2) is 7.77. The van der Waals surface area contributed by atoms with Gasteiger partial charge in [0.05, 0.1) is 17.7 Å². The van der Waals surface area contributed by atoms with E-state index < -0.39 is 0 Å². The topological polar surface area (TPSA) is 76.4 Å². The van der Waals surface area contributed by atoms with Crippen molar-refractivity contribution in [1.82, 2.24) is 4.90 Å². The highest BCUT2D eigenvalue weighted by Crippen LogP contribution is 2.12. The Balaban J connectivity index is 1.68. The van der Waals surface area contributed by atoms with Crippen molar-refractivity contribution in [3.05, 3.63) is 29.8 Å². The molecule has 5 heteroatoms. The molecular weight excluding hydrogens is 266 g/mol. The van der Waals surface area contributed by atoms with Crippen LogP contribution in [0.1, 0.15) is 31.2 Å². The maximum absolute atomic E-state index is 11.8. The lowest BCUT2D eigenvalue weighted by Gasteiger charge is -2.29. The van der Waals surface area contributed by atoms with Gasteiger partial charge in [-0.3, -0.25) is 4.79 Å². The van der Waals surface area contributed by atoms with E-state index in [2.05, 4.69) is 10.2 Å². The van der Waals surface area contributed by atoms with Crippen LogP contribution in [0.2, 0.25) is 0 Å². The molecule has 21 heavy (non-hydrogen) atoms. The second-order valence-corrected chi connectivity index (χ2v) is 5.44. The van der Waals surface area contributed by atoms with E-state index in [-0.39, 0.29) is 12.0 Å². The summed E-state index contributed by atoms with van der Waals surface area (Å²) in [5.41, 5.74) is 1.30. The molecule has 2 rings (SSSR count). The number of benzene rings is 1. The minimum Gasteiger partial charge on any atom is -0.392 e. The highest BCUT2D eigenvalue weighted by molar-refractivity contribution is 5.90. The lowest BCUT2D eigenvalue weighted by atomic mass is 10.1. The first-order chi connectivity index (χ1) is 10.2. The lowest BCUT2D eigenvalue weighted by molar-refractivity contribution is -0.116. The average molecular weight is 287 g/mol. The SMILES string of the molecule is N#Cc1ccc(NC(=O)CCCN2CCCC(O)C2)cc1. The molecule has 0 radical (unpaired) electrons. The summed E-state index contributed by atoms with van der Waals surface area (Å²) in [5.74, 6) is -0.0164. The second-order valence-electron chi connectivity index (χ2n) is 5.44. The molecule has 0 spiro atoms. The molecule has 2 N–H and O–H groups in total. The van der Waals surface area contributed by atoms with Gasteiger partial charge in [-0.25, -0.2) is 0 Å². The first kappa shape index (κ1) is 15.5. The number of aliphatic hydroxyl groups is 1. The zero-order valence-corrected chi connectivity index (χ0v) is 12.1. The molecule has 0 saturated carbocycles. The number of likely N-dealkylation sites (tertiary alicyclic amines) is 1. The van der Waals surface area contributed by atoms with Crippen LogP contribution in [0, 0.1) is 11.3 Å². The van der Waals surface area contributed by atoms with Crippen molar-refractivity contribution in [3.63, 3.8) is 0 Å². The number of piperidine rings is 1. The van der Waals surface area contributed by atoms with Crippen molar-refractivity contribution in [2.24, 2.45) is 0 Å². The highest BCUT2D eigenvalue weighted by Gasteiger charge is 2.17. The lowest BCUT2D eigenvalue weighted by Crippen LogP contribution is -2.38. The highest BCUT2D eigenvalue weighted by atomic mass is 16.3. The zero-order chi connectivity index (χ0) is 15.1. The van der Waals surface area contributed by atoms with E-state index in [9.17, 15) is 9.90 Å². The average Bonchev–Trinajstić information content (AvgIpc) is 2.48. The minimum absolute atomic E-state index is 0.0164. The smallest absolute Gasteiger partial charge is 0.224 e. The molecule has 1 atom stereocenters. The van der Waals surface area contributed by atoms with Gasteiger partial charge in [0, 0.05) is 18.7 Å². The van der Waals surface area contributed by atoms with Gasteiger partial charge in [0.2, 0.25) is 5.91 Å². The van der Waals surface area contributed by atoms with E-state index in [1.54, 1.807) is 24.3 Å². The Morgan fingerprint density at radius 1 is 1.43 bits per heavy atom. The molecule has 0 aromatic heterocycles. The van der Waals surface area contributed by atoms with Crippen LogP contribution in [0.25, 0.3) is 0 Å². The molecule has 1 heterocycles. The fourth-order valence-corrected chi connectivity index (χ4v) is 2.55. The van der Waals surface area contributed by atoms with Crippen molar-refractivity contribution in [2.45, 2.75) is 31.8 Å². The maximum atomic E-state index is 11.8. The number of aliphatic hydroxyl groups excluding tert-OH is 1. The molecule has 1 fully saturated rings. The summed E-state index contributed by atoms with van der Waals surface area (Å²) in [5, 5.41) is 21.1. The molecule has 1 aliphatic rings. The first-order valence-corrected chi connectivity index (χ1v) is 7.38. The van der Waals surface area contributed by atoms with Crippen LogP contribution in [0.3, 0.4) is 0 Å². The summed E-state index contributed by atoms with van der Waals surface area (Å²) < 4.78 is 0. The fraction of sp³-hybridized carbons (Fsp3) is 0.500. The fourth-order valence-electron chi connectivity index (χ4n) is 2.55. The standard InChI is InChI=1S/C16H21N3O2/c17-11-13-5-7-14(8-6-13)18-16(21)4-2-10-19-9-1-3-15(20)12-19/h5-8,15,20H,1-4,9-10,12H2,(H,18,21). The molecule has 5 nitrogen and oxygen atoms in total. The number of carbonyl (C=O) groups excluding carboxylic acids is 1. The predicted molar refractivity (Wildman–Crippen MR) is 80.7 cm³/mol. The number of rotatable bonds is 5. The summed E-state index contributed by atoms with van der Waals surface area (Å²) in [6.45, 7) is 2.57. The Morgan fingerprint density at radius 3 is 2.86 bits per heavy atom. The first-order valence-electron chi connectivity index (χ1n) is 7.38. The van der Waals surface area contributed by atoms with Crippen molar-refractivity contribution in [1.29, 1.82) is 5.26 Å². The van der Waals surface area contributed by atoms with Crippen molar-refractivity contribution in [3.8, 4) is 6.07 Å². The number of nitrogens with one attached hydrogen (secondary N) is 1. The minimum atomic E-state index is -0.216. The van der Waals surface area contributed by atoms with E-state index in [0.29, 0.717) is 17.7 Å². The van der Waals surface area contributed by atoms with Crippen molar-refractivity contribution >= 4 is 11.6 Å². The van der Waals surface area contributed by atoms with E-state index in [0.717, 1.165) is 38.9 Å². The number of nitriles is 1. The van der Waals surface area contributed by atoms with Gasteiger partial charge in [0.25, 0.3) is 0 Å². The third kappa shape index (κ3) is 5.18. The number of carbonyl (C=O) groups is 1. The Kier molecular flexibility index (Phi) is 5.73. The van der Waals surface area contributed by atoms with Crippen molar-refractivity contribution in [2.75, 3.05) is 25.0 Å². The van der Waals surface area contributed by atoms with Crippen LogP contribution in [0.15, 0.2) is 24.3 Å². The number of hydrogen-bond acceptors (Lipinski definition) is 4. The number of amides is 1. The molecule has 0 aliphatic carbocycles. The molecule has 1 unspecified atom stereocenters. The molecular formula is C16H21N3O2. The van der Waals surface area contributed by atoms with Crippen LogP contribution in [0.4, 0.5) is 5.69 Å². The summed E-state index contributed by atoms with van der Waals surface area (Å²) in [7, 11) is 0. The monoisotopic (exact) mass is 287 g/mol. The quantitative estimate of drug-likeness (QED) is 0.864. The van der Waals surface area contributed by atoms with Gasteiger partial charge in [-0.05, 0) is 56.6 Å². The van der Waals surface area contributed by atoms with E-state index >= 15 is 0 Å². The Labute approximate surface area is 125 Å². The van der Waals surface area contributed by atoms with Crippen LogP contribution in [0.5, 0.6) is 0 Å². The van der Waals surface area contributed by atoms with Gasteiger partial charge < -0.3 is 15.3 Å². The molecule has 0 bridgehead atoms. The van der Waals surface area contributed by atoms with Gasteiger partial charge in [0.1, 0.15) is 0 Å². The molecule has 1 aromatic rings. The number of anilines is 1. The van der Waals surface area contributed by atoms with Gasteiger partial charge in [-0.15, -0.1) is 0 Å². The predicted octanol–water partition coefficient (Wildman–Crippen LogP) is 1.73. The normalized spacial score (nSPS) is 19.0. The van der Waals surface area contributed by atoms with Crippen LogP contribution < -0.4 is 5.32 Å². The number of nitrogens with zero attached hydrogens (tertiary/aromatic N) is 2. The molecule has 1 amide bonds. The van der Waals surface area contributed by atoms with Gasteiger partial charge >= 0.3 is 0 Å². The van der Waals surface area contributed by atoms with Crippen LogP contribution in [-0.4, -0.2) is 41.7 Å². The van der Waals surface area contributed by atoms with Crippen molar-refractivity contribution < 1.29 is 9.90 Å². The number of hydrogen-bond donors (Lipinski definition) is 2. The Morgan fingerprint density at radius 2 is 2.19 bits per heavy atom. The zero-order valence-electron chi connectivity index (χ0n) is 12.1. The molecule has 1 aliphatic heterocycles. The summed E-state index contributed by atoms with van der Waals surface area (Å²) in [4.78, 5) is 14.0. The van der Waals surface area contributed by atoms with Gasteiger partial charge in [0.15, 0.2) is 0 Å². The van der Waals surface area contributed by atoms with Crippen LogP contribution >= 0.6 is 0 Å². The molecule has 1 saturated heterocycles. The van der Waals surface area contributed by atoms with E-state index in [1.807, 2.05) is 6.07 Å². The van der Waals surface area contributed by atoms with E-state index in [1.165, 1.54) is 0 Å². The Hall–Kier alpha value is -1.90. The van der Waals surface area contributed by atoms with Crippen LogP contribution in [-0.2, 0) is 4.79 Å². The third-order valence-corrected chi connectivity index (χ3v) is 3.66. The number of β-amino-alcohol motifs (C(OH)–C–C–N with tert-alkyl or cyclic N) is 1.